The minimum Gasteiger partial charge on any atom is -0.401 e. The molecule has 0 aromatic carbocycles. The van der Waals surface area contributed by atoms with Crippen molar-refractivity contribution in [3.63, 3.8) is 0 Å². The highest BCUT2D eigenvalue weighted by Crippen LogP contribution is 1.97. The molecule has 4 heteroatoms. The summed E-state index contributed by atoms with van der Waals surface area (Å²) in [5.41, 5.74) is 6.69. The predicted molar refractivity (Wildman–Crippen MR) is 55.3 cm³/mol. The van der Waals surface area contributed by atoms with Gasteiger partial charge in [0.25, 0.3) is 0 Å². The van der Waals surface area contributed by atoms with Crippen LogP contribution in [0.1, 0.15) is 6.42 Å². The zero-order valence-electron chi connectivity index (χ0n) is 8.34. The highest BCUT2D eigenvalue weighted by Gasteiger charge is 2.08. The third-order valence-corrected chi connectivity index (χ3v) is 2.26. The van der Waals surface area contributed by atoms with Gasteiger partial charge in [0.2, 0.25) is 0 Å². The van der Waals surface area contributed by atoms with Crippen molar-refractivity contribution in [2.75, 3.05) is 39.8 Å². The Hall–Kier alpha value is -0.740. The smallest absolute Gasteiger partial charge is 0.0253 e. The van der Waals surface area contributed by atoms with Gasteiger partial charge in [-0.3, -0.25) is 0 Å². The molecule has 13 heavy (non-hydrogen) atoms. The van der Waals surface area contributed by atoms with Crippen LogP contribution in [0.4, 0.5) is 0 Å². The van der Waals surface area contributed by atoms with Crippen LogP contribution in [0, 0.1) is 0 Å². The van der Waals surface area contributed by atoms with Gasteiger partial charge in [-0.1, -0.05) is 0 Å². The summed E-state index contributed by atoms with van der Waals surface area (Å²) >= 11 is 0. The molecule has 0 spiro atoms. The Balaban J connectivity index is 2.13. The maximum absolute atomic E-state index is 5.76. The Kier molecular flexibility index (Phi) is 4.64. The zero-order valence-corrected chi connectivity index (χ0v) is 8.34. The molecule has 0 atom stereocenters. The summed E-state index contributed by atoms with van der Waals surface area (Å²) in [7, 11) is 1.87. The lowest BCUT2D eigenvalue weighted by Gasteiger charge is -2.27. The molecule has 0 bridgehead atoms. The number of rotatable bonds is 4. The van der Waals surface area contributed by atoms with Gasteiger partial charge in [0, 0.05) is 58.1 Å². The molecular formula is C9H20N4. The fraction of sp³-hybridized carbons (Fsp3) is 0.778. The van der Waals surface area contributed by atoms with Crippen molar-refractivity contribution in [1.29, 1.82) is 0 Å². The molecular weight excluding hydrogens is 164 g/mol. The molecule has 0 aliphatic carbocycles. The van der Waals surface area contributed by atoms with Crippen molar-refractivity contribution in [3.05, 3.63) is 11.9 Å². The van der Waals surface area contributed by atoms with Gasteiger partial charge in [-0.2, -0.15) is 0 Å². The summed E-state index contributed by atoms with van der Waals surface area (Å²) in [6.07, 6.45) is 2.82. The number of hydrogen-bond acceptors (Lipinski definition) is 4. The van der Waals surface area contributed by atoms with E-state index >= 15 is 0 Å². The zero-order chi connectivity index (χ0) is 9.52. The largest absolute Gasteiger partial charge is 0.401 e. The lowest BCUT2D eigenvalue weighted by atomic mass is 10.3. The van der Waals surface area contributed by atoms with Gasteiger partial charge in [-0.05, 0) is 0 Å². The van der Waals surface area contributed by atoms with E-state index in [2.05, 4.69) is 15.5 Å². The summed E-state index contributed by atoms with van der Waals surface area (Å²) in [4.78, 5) is 2.44. The van der Waals surface area contributed by atoms with Crippen molar-refractivity contribution >= 4 is 0 Å². The van der Waals surface area contributed by atoms with Crippen LogP contribution in [0.5, 0.6) is 0 Å². The molecule has 1 fully saturated rings. The van der Waals surface area contributed by atoms with Gasteiger partial charge in [0.05, 0.1) is 0 Å². The van der Waals surface area contributed by atoms with E-state index in [1.54, 1.807) is 0 Å². The second kappa shape index (κ2) is 5.83. The van der Waals surface area contributed by atoms with Gasteiger partial charge in [-0.25, -0.2) is 0 Å². The highest BCUT2D eigenvalue weighted by molar-refractivity contribution is 4.94. The van der Waals surface area contributed by atoms with Crippen LogP contribution < -0.4 is 16.4 Å². The molecule has 0 radical (unpaired) electrons. The third kappa shape index (κ3) is 4.15. The fourth-order valence-corrected chi connectivity index (χ4v) is 1.48. The van der Waals surface area contributed by atoms with E-state index in [-0.39, 0.29) is 0 Å². The van der Waals surface area contributed by atoms with Gasteiger partial charge in [-0.15, -0.1) is 0 Å². The second-order valence-electron chi connectivity index (χ2n) is 3.35. The molecule has 0 saturated carbocycles. The van der Waals surface area contributed by atoms with Crippen LogP contribution in [0.2, 0.25) is 0 Å². The predicted octanol–water partition coefficient (Wildman–Crippen LogP) is -0.699. The van der Waals surface area contributed by atoms with Crippen molar-refractivity contribution in [2.45, 2.75) is 6.42 Å². The van der Waals surface area contributed by atoms with E-state index in [4.69, 9.17) is 5.73 Å². The number of nitrogens with zero attached hydrogens (tertiary/aromatic N) is 1. The minimum atomic E-state index is 0.932. The van der Waals surface area contributed by atoms with E-state index < -0.39 is 0 Å². The first-order valence-corrected chi connectivity index (χ1v) is 4.88. The van der Waals surface area contributed by atoms with Crippen LogP contribution in [0.25, 0.3) is 0 Å². The lowest BCUT2D eigenvalue weighted by Crippen LogP contribution is -2.43. The van der Waals surface area contributed by atoms with Crippen LogP contribution >= 0.6 is 0 Å². The maximum atomic E-state index is 5.76. The second-order valence-corrected chi connectivity index (χ2v) is 3.35. The van der Waals surface area contributed by atoms with Crippen molar-refractivity contribution < 1.29 is 0 Å². The van der Waals surface area contributed by atoms with E-state index in [1.807, 2.05) is 13.2 Å². The third-order valence-electron chi connectivity index (χ3n) is 2.26. The van der Waals surface area contributed by atoms with E-state index in [1.165, 1.54) is 0 Å². The van der Waals surface area contributed by atoms with E-state index in [0.29, 0.717) is 0 Å². The first-order valence-electron chi connectivity index (χ1n) is 4.88. The van der Waals surface area contributed by atoms with Gasteiger partial charge in [0.15, 0.2) is 0 Å². The summed E-state index contributed by atoms with van der Waals surface area (Å²) in [6, 6.07) is 0. The first kappa shape index (κ1) is 10.3. The molecule has 1 rings (SSSR count). The van der Waals surface area contributed by atoms with Crippen LogP contribution in [-0.2, 0) is 0 Å². The van der Waals surface area contributed by atoms with E-state index in [0.717, 1.165) is 44.8 Å². The fourth-order valence-electron chi connectivity index (χ4n) is 1.48. The maximum Gasteiger partial charge on any atom is 0.0253 e. The monoisotopic (exact) mass is 184 g/mol. The first-order chi connectivity index (χ1) is 6.33. The van der Waals surface area contributed by atoms with Crippen molar-refractivity contribution in [2.24, 2.45) is 5.73 Å². The quantitative estimate of drug-likeness (QED) is 0.541. The molecule has 4 nitrogen and oxygen atoms in total. The highest BCUT2D eigenvalue weighted by atomic mass is 15.2. The molecule has 0 unspecified atom stereocenters. The van der Waals surface area contributed by atoms with Crippen LogP contribution in [0.15, 0.2) is 11.9 Å². The SMILES string of the molecule is CN/C=C(\N)CCN1CCNCC1. The Morgan fingerprint density at radius 2 is 2.23 bits per heavy atom. The molecule has 1 saturated heterocycles. The van der Waals surface area contributed by atoms with Crippen molar-refractivity contribution in [1.82, 2.24) is 15.5 Å². The summed E-state index contributed by atoms with van der Waals surface area (Å²) in [5, 5.41) is 6.26. The standard InChI is InChI=1S/C9H20N4/c1-11-8-9(10)2-5-13-6-3-12-4-7-13/h8,11-12H,2-7,10H2,1H3/b9-8-. The summed E-state index contributed by atoms with van der Waals surface area (Å²) < 4.78 is 0. The lowest BCUT2D eigenvalue weighted by molar-refractivity contribution is 0.243. The van der Waals surface area contributed by atoms with Crippen LogP contribution in [-0.4, -0.2) is 44.7 Å². The molecule has 0 amide bonds. The molecule has 0 aromatic rings. The average molecular weight is 184 g/mol. The molecule has 0 aromatic heterocycles. The van der Waals surface area contributed by atoms with Crippen molar-refractivity contribution in [3.8, 4) is 0 Å². The number of nitrogens with one attached hydrogen (secondary N) is 2. The topological polar surface area (TPSA) is 53.3 Å². The number of hydrogen-bond donors (Lipinski definition) is 3. The number of nitrogens with two attached hydrogens (primary N) is 1. The Labute approximate surface area is 80.2 Å². The minimum absolute atomic E-state index is 0.932. The van der Waals surface area contributed by atoms with Crippen LogP contribution in [0.3, 0.4) is 0 Å². The Bertz CT molecular complexity index is 161. The van der Waals surface area contributed by atoms with Gasteiger partial charge < -0.3 is 21.3 Å². The molecule has 76 valence electrons. The molecule has 1 aliphatic rings. The van der Waals surface area contributed by atoms with Gasteiger partial charge in [0.1, 0.15) is 0 Å². The Morgan fingerprint density at radius 3 is 2.85 bits per heavy atom. The average Bonchev–Trinajstić information content (AvgIpc) is 2.17. The molecule has 1 heterocycles. The normalized spacial score (nSPS) is 20.2. The summed E-state index contributed by atoms with van der Waals surface area (Å²) in [5.74, 6) is 0. The molecule has 4 N–H and O–H groups in total. The van der Waals surface area contributed by atoms with E-state index in [9.17, 15) is 0 Å². The summed E-state index contributed by atoms with van der Waals surface area (Å²) in [6.45, 7) is 5.58. The Morgan fingerprint density at radius 1 is 1.54 bits per heavy atom. The number of piperazine rings is 1. The van der Waals surface area contributed by atoms with Gasteiger partial charge >= 0.3 is 0 Å². The molecule has 1 aliphatic heterocycles.